The van der Waals surface area contributed by atoms with E-state index < -0.39 is 0 Å². The summed E-state index contributed by atoms with van der Waals surface area (Å²) in [6.45, 7) is 3.53. The Morgan fingerprint density at radius 2 is 2.27 bits per heavy atom. The normalized spacial score (nSPS) is 10.5. The van der Waals surface area contributed by atoms with Gasteiger partial charge in [0, 0.05) is 31.0 Å². The number of nitrogens with two attached hydrogens (primary N) is 1. The van der Waals surface area contributed by atoms with Crippen molar-refractivity contribution >= 4 is 0 Å². The van der Waals surface area contributed by atoms with E-state index >= 15 is 0 Å². The van der Waals surface area contributed by atoms with Crippen LogP contribution in [0.4, 0.5) is 0 Å². The largest absolute Gasteiger partial charge is 0.330 e. The third kappa shape index (κ3) is 2.07. The van der Waals surface area contributed by atoms with Crippen molar-refractivity contribution in [3.8, 4) is 11.4 Å². The number of hydrogen-bond donors (Lipinski definition) is 1. The molecule has 0 radical (unpaired) electrons. The van der Waals surface area contributed by atoms with Crippen LogP contribution in [-0.2, 0) is 6.54 Å². The van der Waals surface area contributed by atoms with Gasteiger partial charge in [-0.25, -0.2) is 4.98 Å². The molecule has 15 heavy (non-hydrogen) atoms. The molecule has 2 aromatic rings. The Bertz CT molecular complexity index is 446. The van der Waals surface area contributed by atoms with Gasteiger partial charge in [-0.15, -0.1) is 0 Å². The van der Waals surface area contributed by atoms with E-state index in [0.29, 0.717) is 6.54 Å². The molecule has 0 aliphatic carbocycles. The van der Waals surface area contributed by atoms with Gasteiger partial charge in [-0.2, -0.15) is 0 Å². The van der Waals surface area contributed by atoms with Crippen LogP contribution in [0.5, 0.6) is 0 Å². The molecule has 1 aromatic carbocycles. The van der Waals surface area contributed by atoms with Crippen LogP contribution in [-0.4, -0.2) is 16.1 Å². The second-order valence-electron chi connectivity index (χ2n) is 3.60. The number of imidazole rings is 1. The minimum absolute atomic E-state index is 0.634. The molecule has 0 unspecified atom stereocenters. The van der Waals surface area contributed by atoms with Gasteiger partial charge in [0.1, 0.15) is 5.82 Å². The van der Waals surface area contributed by atoms with Crippen molar-refractivity contribution in [1.82, 2.24) is 9.55 Å². The minimum Gasteiger partial charge on any atom is -0.330 e. The molecule has 78 valence electrons. The summed E-state index contributed by atoms with van der Waals surface area (Å²) < 4.78 is 2.08. The van der Waals surface area contributed by atoms with Crippen molar-refractivity contribution in [2.75, 3.05) is 6.54 Å². The molecule has 1 heterocycles. The molecule has 3 heteroatoms. The maximum atomic E-state index is 5.55. The lowest BCUT2D eigenvalue weighted by Gasteiger charge is -2.06. The van der Waals surface area contributed by atoms with Gasteiger partial charge >= 0.3 is 0 Å². The Morgan fingerprint density at radius 1 is 1.40 bits per heavy atom. The summed E-state index contributed by atoms with van der Waals surface area (Å²) in [6, 6.07) is 8.34. The van der Waals surface area contributed by atoms with Crippen LogP contribution in [0.15, 0.2) is 36.7 Å². The molecule has 0 bridgehead atoms. The zero-order valence-electron chi connectivity index (χ0n) is 8.85. The van der Waals surface area contributed by atoms with Gasteiger partial charge < -0.3 is 10.3 Å². The first-order valence-corrected chi connectivity index (χ1v) is 5.09. The summed E-state index contributed by atoms with van der Waals surface area (Å²) in [7, 11) is 0. The van der Waals surface area contributed by atoms with Crippen LogP contribution in [0.1, 0.15) is 5.56 Å². The second-order valence-corrected chi connectivity index (χ2v) is 3.60. The monoisotopic (exact) mass is 201 g/mol. The van der Waals surface area contributed by atoms with Crippen molar-refractivity contribution in [2.24, 2.45) is 5.73 Å². The fraction of sp³-hybridized carbons (Fsp3) is 0.250. The average Bonchev–Trinajstić information content (AvgIpc) is 2.66. The molecule has 0 fully saturated rings. The fourth-order valence-corrected chi connectivity index (χ4v) is 1.67. The van der Waals surface area contributed by atoms with Gasteiger partial charge in [0.05, 0.1) is 0 Å². The van der Waals surface area contributed by atoms with E-state index in [2.05, 4.69) is 34.7 Å². The smallest absolute Gasteiger partial charge is 0.139 e. The molecule has 0 saturated carbocycles. The number of benzene rings is 1. The number of aryl methyl sites for hydroxylation is 1. The summed E-state index contributed by atoms with van der Waals surface area (Å²) in [5.41, 5.74) is 7.94. The Hall–Kier alpha value is -1.61. The van der Waals surface area contributed by atoms with E-state index in [4.69, 9.17) is 5.73 Å². The molecule has 3 nitrogen and oxygen atoms in total. The predicted octanol–water partition coefficient (Wildman–Crippen LogP) is 1.82. The highest BCUT2D eigenvalue weighted by Gasteiger charge is 2.04. The summed E-state index contributed by atoms with van der Waals surface area (Å²) >= 11 is 0. The second kappa shape index (κ2) is 4.28. The highest BCUT2D eigenvalue weighted by atomic mass is 15.1. The average molecular weight is 201 g/mol. The number of nitrogens with zero attached hydrogens (tertiary/aromatic N) is 2. The molecule has 0 saturated heterocycles. The third-order valence-electron chi connectivity index (χ3n) is 2.36. The SMILES string of the molecule is Cc1cccc(-c2nccn2CCN)c1. The molecular weight excluding hydrogens is 186 g/mol. The summed E-state index contributed by atoms with van der Waals surface area (Å²) in [5.74, 6) is 0.990. The lowest BCUT2D eigenvalue weighted by molar-refractivity contribution is 0.715. The van der Waals surface area contributed by atoms with E-state index in [0.717, 1.165) is 17.9 Å². The summed E-state index contributed by atoms with van der Waals surface area (Å²) in [6.07, 6.45) is 3.78. The lowest BCUT2D eigenvalue weighted by atomic mass is 10.1. The molecule has 2 N–H and O–H groups in total. The molecule has 0 atom stereocenters. The summed E-state index contributed by atoms with van der Waals surface area (Å²) in [4.78, 5) is 4.35. The first-order valence-electron chi connectivity index (χ1n) is 5.09. The number of aromatic nitrogens is 2. The van der Waals surface area contributed by atoms with Crippen molar-refractivity contribution in [3.63, 3.8) is 0 Å². The molecule has 0 amide bonds. The maximum absolute atomic E-state index is 5.55. The minimum atomic E-state index is 0.634. The maximum Gasteiger partial charge on any atom is 0.139 e. The van der Waals surface area contributed by atoms with Crippen LogP contribution < -0.4 is 5.73 Å². The van der Waals surface area contributed by atoms with Crippen molar-refractivity contribution in [2.45, 2.75) is 13.5 Å². The van der Waals surface area contributed by atoms with Crippen LogP contribution in [0.2, 0.25) is 0 Å². The van der Waals surface area contributed by atoms with Crippen LogP contribution in [0, 0.1) is 6.92 Å². The lowest BCUT2D eigenvalue weighted by Crippen LogP contribution is -2.10. The highest BCUT2D eigenvalue weighted by molar-refractivity contribution is 5.56. The Balaban J connectivity index is 2.40. The topological polar surface area (TPSA) is 43.8 Å². The number of rotatable bonds is 3. The third-order valence-corrected chi connectivity index (χ3v) is 2.36. The molecule has 0 aliphatic heterocycles. The predicted molar refractivity (Wildman–Crippen MR) is 61.5 cm³/mol. The van der Waals surface area contributed by atoms with E-state index in [1.165, 1.54) is 5.56 Å². The molecular formula is C12H15N3. The molecule has 0 spiro atoms. The van der Waals surface area contributed by atoms with Gasteiger partial charge in [0.15, 0.2) is 0 Å². The van der Waals surface area contributed by atoms with Crippen LogP contribution in [0.25, 0.3) is 11.4 Å². The van der Waals surface area contributed by atoms with Crippen molar-refractivity contribution in [3.05, 3.63) is 42.2 Å². The molecule has 2 rings (SSSR count). The Kier molecular flexibility index (Phi) is 2.83. The molecule has 1 aromatic heterocycles. The van der Waals surface area contributed by atoms with Crippen molar-refractivity contribution in [1.29, 1.82) is 0 Å². The van der Waals surface area contributed by atoms with Gasteiger partial charge in [-0.05, 0) is 13.0 Å². The first-order chi connectivity index (χ1) is 7.31. The van der Waals surface area contributed by atoms with Gasteiger partial charge in [0.25, 0.3) is 0 Å². The standard InChI is InChI=1S/C12H15N3/c1-10-3-2-4-11(9-10)12-14-6-8-15(12)7-5-13/h2-4,6,8-9H,5,7,13H2,1H3. The van der Waals surface area contributed by atoms with E-state index in [9.17, 15) is 0 Å². The van der Waals surface area contributed by atoms with E-state index in [-0.39, 0.29) is 0 Å². The van der Waals surface area contributed by atoms with Crippen LogP contribution in [0.3, 0.4) is 0 Å². The zero-order chi connectivity index (χ0) is 10.7. The Morgan fingerprint density at radius 3 is 3.00 bits per heavy atom. The summed E-state index contributed by atoms with van der Waals surface area (Å²) in [5, 5.41) is 0. The van der Waals surface area contributed by atoms with Gasteiger partial charge in [-0.1, -0.05) is 23.8 Å². The quantitative estimate of drug-likeness (QED) is 0.823. The van der Waals surface area contributed by atoms with Crippen molar-refractivity contribution < 1.29 is 0 Å². The Labute approximate surface area is 89.6 Å². The first kappa shape index (κ1) is 9.93. The zero-order valence-corrected chi connectivity index (χ0v) is 8.85. The highest BCUT2D eigenvalue weighted by Crippen LogP contribution is 2.18. The molecule has 0 aliphatic rings. The van der Waals surface area contributed by atoms with Crippen LogP contribution >= 0.6 is 0 Å². The van der Waals surface area contributed by atoms with Gasteiger partial charge in [0.2, 0.25) is 0 Å². The van der Waals surface area contributed by atoms with Gasteiger partial charge in [-0.3, -0.25) is 0 Å². The van der Waals surface area contributed by atoms with E-state index in [1.807, 2.05) is 18.5 Å². The number of hydrogen-bond acceptors (Lipinski definition) is 2. The fourth-order valence-electron chi connectivity index (χ4n) is 1.67. The van der Waals surface area contributed by atoms with E-state index in [1.54, 1.807) is 0 Å².